The molecule has 3 rings (SSSR count). The number of amides is 1. The molecule has 0 bridgehead atoms. The molecule has 0 saturated carbocycles. The van der Waals surface area contributed by atoms with Crippen molar-refractivity contribution in [2.24, 2.45) is 0 Å². The fourth-order valence-corrected chi connectivity index (χ4v) is 4.95. The SMILES string of the molecule is C[C@H](NC(=O)CN(Cc1ccco1)S(=O)(=O)c1cc(C(F)(F)F)ccc1Cl)c1ccccc1. The summed E-state index contributed by atoms with van der Waals surface area (Å²) >= 11 is 5.96. The fraction of sp³-hybridized carbons (Fsp3) is 0.227. The predicted octanol–water partition coefficient (Wildman–Crippen LogP) is 5.02. The van der Waals surface area contributed by atoms with Crippen LogP contribution in [0.2, 0.25) is 5.02 Å². The van der Waals surface area contributed by atoms with Crippen LogP contribution < -0.4 is 5.32 Å². The van der Waals surface area contributed by atoms with Crippen molar-refractivity contribution in [2.75, 3.05) is 6.54 Å². The van der Waals surface area contributed by atoms with E-state index < -0.39 is 50.2 Å². The van der Waals surface area contributed by atoms with E-state index in [2.05, 4.69) is 5.32 Å². The summed E-state index contributed by atoms with van der Waals surface area (Å²) in [6.07, 6.45) is -3.46. The van der Waals surface area contributed by atoms with E-state index >= 15 is 0 Å². The van der Waals surface area contributed by atoms with Gasteiger partial charge < -0.3 is 9.73 Å². The lowest BCUT2D eigenvalue weighted by atomic mass is 10.1. The number of benzene rings is 2. The quantitative estimate of drug-likeness (QED) is 0.471. The number of halogens is 4. The van der Waals surface area contributed by atoms with Gasteiger partial charge in [-0.15, -0.1) is 0 Å². The standard InChI is InChI=1S/C22H20ClF3N2O4S/c1-15(16-6-3-2-4-7-16)27-21(29)14-28(13-18-8-5-11-32-18)33(30,31)20-12-17(22(24,25)26)9-10-19(20)23/h2-12,15H,13-14H2,1H3,(H,27,29)/t15-/m0/s1. The van der Waals surface area contributed by atoms with E-state index in [4.69, 9.17) is 16.0 Å². The molecule has 1 atom stereocenters. The predicted molar refractivity (Wildman–Crippen MR) is 116 cm³/mol. The summed E-state index contributed by atoms with van der Waals surface area (Å²) in [6.45, 7) is 0.685. The molecule has 0 spiro atoms. The summed E-state index contributed by atoms with van der Waals surface area (Å²) in [6, 6.07) is 13.6. The minimum absolute atomic E-state index is 0.200. The lowest BCUT2D eigenvalue weighted by Gasteiger charge is -2.23. The van der Waals surface area contributed by atoms with E-state index in [0.717, 1.165) is 15.9 Å². The van der Waals surface area contributed by atoms with Crippen LogP contribution >= 0.6 is 11.6 Å². The van der Waals surface area contributed by atoms with Gasteiger partial charge in [0.15, 0.2) is 0 Å². The van der Waals surface area contributed by atoms with Crippen molar-refractivity contribution < 1.29 is 30.8 Å². The van der Waals surface area contributed by atoms with Crippen molar-refractivity contribution >= 4 is 27.5 Å². The van der Waals surface area contributed by atoms with Crippen LogP contribution in [0.15, 0.2) is 76.2 Å². The molecule has 0 saturated heterocycles. The number of nitrogens with one attached hydrogen (secondary N) is 1. The van der Waals surface area contributed by atoms with Gasteiger partial charge in [0, 0.05) is 0 Å². The molecule has 0 aliphatic carbocycles. The van der Waals surface area contributed by atoms with Crippen LogP contribution in [-0.4, -0.2) is 25.2 Å². The zero-order valence-corrected chi connectivity index (χ0v) is 18.9. The van der Waals surface area contributed by atoms with Gasteiger partial charge in [-0.25, -0.2) is 8.42 Å². The van der Waals surface area contributed by atoms with Crippen molar-refractivity contribution in [1.82, 2.24) is 9.62 Å². The number of sulfonamides is 1. The minimum atomic E-state index is -4.77. The Labute approximate surface area is 194 Å². The lowest BCUT2D eigenvalue weighted by Crippen LogP contribution is -2.41. The Bertz CT molecular complexity index is 1200. The molecule has 1 N–H and O–H groups in total. The van der Waals surface area contributed by atoms with E-state index in [0.29, 0.717) is 12.1 Å². The molecule has 0 unspecified atom stereocenters. The highest BCUT2D eigenvalue weighted by atomic mass is 35.5. The molecular weight excluding hydrogens is 481 g/mol. The van der Waals surface area contributed by atoms with Crippen LogP contribution in [0.3, 0.4) is 0 Å². The van der Waals surface area contributed by atoms with Gasteiger partial charge in [0.25, 0.3) is 0 Å². The third-order valence-electron chi connectivity index (χ3n) is 4.79. The zero-order chi connectivity index (χ0) is 24.2. The van der Waals surface area contributed by atoms with Crippen molar-refractivity contribution in [3.05, 3.63) is 88.8 Å². The van der Waals surface area contributed by atoms with Gasteiger partial charge >= 0.3 is 6.18 Å². The summed E-state index contributed by atoms with van der Waals surface area (Å²) in [5.74, 6) is -0.449. The van der Waals surface area contributed by atoms with Crippen LogP contribution in [0.25, 0.3) is 0 Å². The Morgan fingerprint density at radius 2 is 1.82 bits per heavy atom. The number of carbonyl (C=O) groups is 1. The van der Waals surface area contributed by atoms with Crippen molar-refractivity contribution in [3.63, 3.8) is 0 Å². The maximum Gasteiger partial charge on any atom is 0.416 e. The maximum absolute atomic E-state index is 13.3. The topological polar surface area (TPSA) is 79.6 Å². The lowest BCUT2D eigenvalue weighted by molar-refractivity contribution is -0.137. The largest absolute Gasteiger partial charge is 0.468 e. The van der Waals surface area contributed by atoms with E-state index in [1.54, 1.807) is 31.2 Å². The van der Waals surface area contributed by atoms with Gasteiger partial charge in [-0.05, 0) is 42.8 Å². The third kappa shape index (κ3) is 6.16. The van der Waals surface area contributed by atoms with Gasteiger partial charge in [-0.3, -0.25) is 4.79 Å². The minimum Gasteiger partial charge on any atom is -0.468 e. The molecule has 0 fully saturated rings. The molecule has 11 heteroatoms. The molecular formula is C22H20ClF3N2O4S. The molecule has 0 aliphatic heterocycles. The first-order chi connectivity index (χ1) is 15.5. The number of furan rings is 1. The van der Waals surface area contributed by atoms with E-state index in [-0.39, 0.29) is 12.3 Å². The summed E-state index contributed by atoms with van der Waals surface area (Å²) in [4.78, 5) is 11.9. The van der Waals surface area contributed by atoms with E-state index in [9.17, 15) is 26.4 Å². The van der Waals surface area contributed by atoms with E-state index in [1.165, 1.54) is 18.4 Å². The summed E-state index contributed by atoms with van der Waals surface area (Å²) < 4.78 is 72.0. The van der Waals surface area contributed by atoms with Crippen molar-refractivity contribution in [3.8, 4) is 0 Å². The maximum atomic E-state index is 13.3. The van der Waals surface area contributed by atoms with Crippen LogP contribution in [0.1, 0.15) is 29.9 Å². The van der Waals surface area contributed by atoms with Crippen LogP contribution in [-0.2, 0) is 27.5 Å². The average molecular weight is 501 g/mol. The molecule has 176 valence electrons. The first-order valence-corrected chi connectivity index (χ1v) is 11.5. The summed E-state index contributed by atoms with van der Waals surface area (Å²) in [5, 5.41) is 2.29. The Kier molecular flexibility index (Phi) is 7.51. The average Bonchev–Trinajstić information content (AvgIpc) is 3.26. The second-order valence-corrected chi connectivity index (χ2v) is 9.51. The van der Waals surface area contributed by atoms with Crippen LogP contribution in [0.4, 0.5) is 13.2 Å². The second kappa shape index (κ2) is 9.98. The van der Waals surface area contributed by atoms with Gasteiger partial charge in [0.2, 0.25) is 15.9 Å². The monoisotopic (exact) mass is 500 g/mol. The summed E-state index contributed by atoms with van der Waals surface area (Å²) in [7, 11) is -4.61. The molecule has 1 aromatic heterocycles. The molecule has 2 aromatic carbocycles. The molecule has 3 aromatic rings. The zero-order valence-electron chi connectivity index (χ0n) is 17.3. The Morgan fingerprint density at radius 3 is 2.42 bits per heavy atom. The van der Waals surface area contributed by atoms with Crippen LogP contribution in [0, 0.1) is 0 Å². The van der Waals surface area contributed by atoms with Crippen molar-refractivity contribution in [1.29, 1.82) is 0 Å². The third-order valence-corrected chi connectivity index (χ3v) is 7.06. The number of carbonyl (C=O) groups excluding carboxylic acids is 1. The Balaban J connectivity index is 1.91. The molecule has 1 heterocycles. The highest BCUT2D eigenvalue weighted by Gasteiger charge is 2.35. The normalized spacial score (nSPS) is 13.2. The first-order valence-electron chi connectivity index (χ1n) is 9.72. The second-order valence-electron chi connectivity index (χ2n) is 7.20. The van der Waals surface area contributed by atoms with Crippen LogP contribution in [0.5, 0.6) is 0 Å². The molecule has 0 radical (unpaired) electrons. The number of rotatable bonds is 8. The Hall–Kier alpha value is -2.82. The number of nitrogens with zero attached hydrogens (tertiary/aromatic N) is 1. The fourth-order valence-electron chi connectivity index (χ4n) is 3.09. The first kappa shape index (κ1) is 24.8. The molecule has 6 nitrogen and oxygen atoms in total. The molecule has 33 heavy (non-hydrogen) atoms. The van der Waals surface area contributed by atoms with E-state index in [1.807, 2.05) is 6.07 Å². The molecule has 1 amide bonds. The van der Waals surface area contributed by atoms with Gasteiger partial charge in [0.05, 0.1) is 36.0 Å². The Morgan fingerprint density at radius 1 is 1.12 bits per heavy atom. The number of hydrogen-bond acceptors (Lipinski definition) is 4. The summed E-state index contributed by atoms with van der Waals surface area (Å²) in [5.41, 5.74) is -0.377. The van der Waals surface area contributed by atoms with Gasteiger partial charge in [0.1, 0.15) is 10.7 Å². The van der Waals surface area contributed by atoms with Gasteiger partial charge in [-0.2, -0.15) is 17.5 Å². The number of alkyl halides is 3. The number of hydrogen-bond donors (Lipinski definition) is 1. The highest BCUT2D eigenvalue weighted by Crippen LogP contribution is 2.34. The van der Waals surface area contributed by atoms with Crippen molar-refractivity contribution in [2.45, 2.75) is 30.6 Å². The van der Waals surface area contributed by atoms with Gasteiger partial charge in [-0.1, -0.05) is 41.9 Å². The molecule has 0 aliphatic rings. The highest BCUT2D eigenvalue weighted by molar-refractivity contribution is 7.89. The smallest absolute Gasteiger partial charge is 0.416 e.